The molecule has 1 atom stereocenters. The van der Waals surface area contributed by atoms with Gasteiger partial charge in [0.25, 0.3) is 0 Å². The van der Waals surface area contributed by atoms with Crippen LogP contribution in [0.15, 0.2) is 71.9 Å². The summed E-state index contributed by atoms with van der Waals surface area (Å²) in [4.78, 5) is 15.3. The number of alkyl halides is 3. The van der Waals surface area contributed by atoms with Gasteiger partial charge in [-0.3, -0.25) is 9.78 Å². The summed E-state index contributed by atoms with van der Waals surface area (Å²) in [5.74, 6) is -0.314. The summed E-state index contributed by atoms with van der Waals surface area (Å²) in [7, 11) is -4.61. The number of carbonyl (C=O) groups excluding carboxylic acids is 1. The minimum atomic E-state index is -4.86. The molecule has 0 unspecified atom stereocenters. The molecule has 0 radical (unpaired) electrons. The Morgan fingerprint density at radius 3 is 2.55 bits per heavy atom. The van der Waals surface area contributed by atoms with Crippen molar-refractivity contribution < 1.29 is 26.4 Å². The van der Waals surface area contributed by atoms with E-state index < -0.39 is 32.7 Å². The Hall–Kier alpha value is -3.28. The zero-order valence-electron chi connectivity index (χ0n) is 21.2. The smallest absolute Gasteiger partial charge is 0.355 e. The molecule has 1 aromatic heterocycles. The first-order chi connectivity index (χ1) is 18.0. The van der Waals surface area contributed by atoms with Gasteiger partial charge in [-0.15, -0.1) is 0 Å². The molecule has 204 valence electrons. The fourth-order valence-corrected chi connectivity index (χ4v) is 6.07. The third-order valence-electron chi connectivity index (χ3n) is 6.16. The van der Waals surface area contributed by atoms with Crippen molar-refractivity contribution in [1.29, 1.82) is 0 Å². The SMILES string of the molecule is Cc1cnccc1-c1cccc([C@H](C)N(CCCC(=O)NCCN)S(=O)(=O)c2ccccc2C(F)(F)F)c1. The van der Waals surface area contributed by atoms with E-state index in [2.05, 4.69) is 10.3 Å². The number of aryl methyl sites for hydroxylation is 1. The Labute approximate surface area is 220 Å². The quantitative estimate of drug-likeness (QED) is 0.362. The predicted octanol–water partition coefficient (Wildman–Crippen LogP) is 4.68. The van der Waals surface area contributed by atoms with Gasteiger partial charge in [0.1, 0.15) is 0 Å². The number of rotatable bonds is 11. The number of nitrogens with two attached hydrogens (primary N) is 1. The lowest BCUT2D eigenvalue weighted by Gasteiger charge is -2.30. The van der Waals surface area contributed by atoms with E-state index in [4.69, 9.17) is 5.73 Å². The summed E-state index contributed by atoms with van der Waals surface area (Å²) >= 11 is 0. The van der Waals surface area contributed by atoms with Crippen molar-refractivity contribution in [3.05, 3.63) is 83.7 Å². The van der Waals surface area contributed by atoms with Gasteiger partial charge < -0.3 is 11.1 Å². The Bertz CT molecular complexity index is 1360. The molecule has 2 aromatic carbocycles. The van der Waals surface area contributed by atoms with E-state index in [9.17, 15) is 26.4 Å². The van der Waals surface area contributed by atoms with Gasteiger partial charge in [-0.05, 0) is 66.8 Å². The summed E-state index contributed by atoms with van der Waals surface area (Å²) in [5.41, 5.74) is 7.40. The van der Waals surface area contributed by atoms with Gasteiger partial charge in [-0.1, -0.05) is 30.3 Å². The highest BCUT2D eigenvalue weighted by molar-refractivity contribution is 7.89. The lowest BCUT2D eigenvalue weighted by molar-refractivity contribution is -0.140. The lowest BCUT2D eigenvalue weighted by atomic mass is 9.98. The lowest BCUT2D eigenvalue weighted by Crippen LogP contribution is -2.36. The first-order valence-electron chi connectivity index (χ1n) is 12.1. The van der Waals surface area contributed by atoms with Crippen LogP contribution in [0.25, 0.3) is 11.1 Å². The van der Waals surface area contributed by atoms with Gasteiger partial charge in [0, 0.05) is 44.5 Å². The largest absolute Gasteiger partial charge is 0.417 e. The van der Waals surface area contributed by atoms with E-state index in [0.717, 1.165) is 39.2 Å². The van der Waals surface area contributed by atoms with E-state index in [1.54, 1.807) is 31.5 Å². The Morgan fingerprint density at radius 2 is 1.87 bits per heavy atom. The van der Waals surface area contributed by atoms with E-state index in [-0.39, 0.29) is 38.4 Å². The van der Waals surface area contributed by atoms with Crippen molar-refractivity contribution in [2.45, 2.75) is 43.8 Å². The number of amides is 1. The third-order valence-corrected chi connectivity index (χ3v) is 8.19. The second-order valence-electron chi connectivity index (χ2n) is 8.84. The van der Waals surface area contributed by atoms with Gasteiger partial charge >= 0.3 is 6.18 Å². The summed E-state index contributed by atoms with van der Waals surface area (Å²) in [6.45, 7) is 3.90. The van der Waals surface area contributed by atoms with E-state index in [1.165, 1.54) is 6.07 Å². The van der Waals surface area contributed by atoms with Crippen molar-refractivity contribution in [2.24, 2.45) is 5.73 Å². The molecular formula is C27H31F3N4O3S. The Morgan fingerprint density at radius 1 is 1.13 bits per heavy atom. The van der Waals surface area contributed by atoms with Crippen LogP contribution in [0.5, 0.6) is 0 Å². The number of aromatic nitrogens is 1. The standard InChI is InChI=1S/C27H31F3N4O3S/c1-19-18-32-14-12-23(19)22-8-5-7-21(17-22)20(2)34(16-6-11-26(35)33-15-13-31)38(36,37)25-10-4-3-9-24(25)27(28,29)30/h3-5,7-10,12,14,17-18,20H,6,11,13,15-16,31H2,1-2H3,(H,33,35)/t20-/m0/s1. The molecule has 0 aliphatic carbocycles. The zero-order chi connectivity index (χ0) is 27.9. The molecule has 0 aliphatic rings. The van der Waals surface area contributed by atoms with Crippen LogP contribution >= 0.6 is 0 Å². The molecule has 0 bridgehead atoms. The molecule has 38 heavy (non-hydrogen) atoms. The highest BCUT2D eigenvalue weighted by Crippen LogP contribution is 2.38. The number of halogens is 3. The van der Waals surface area contributed by atoms with Gasteiger partial charge in [-0.2, -0.15) is 17.5 Å². The summed E-state index contributed by atoms with van der Waals surface area (Å²) in [6.07, 6.45) is -1.39. The summed E-state index contributed by atoms with van der Waals surface area (Å²) in [5, 5.41) is 2.61. The Kier molecular flexibility index (Phi) is 9.64. The summed E-state index contributed by atoms with van der Waals surface area (Å²) < 4.78 is 69.9. The van der Waals surface area contributed by atoms with Crippen LogP contribution in [0, 0.1) is 6.92 Å². The Balaban J connectivity index is 2.02. The fourth-order valence-electron chi connectivity index (χ4n) is 4.20. The molecule has 11 heteroatoms. The minimum Gasteiger partial charge on any atom is -0.355 e. The second kappa shape index (κ2) is 12.5. The normalized spacial score (nSPS) is 12.9. The molecule has 3 rings (SSSR count). The maximum absolute atomic E-state index is 13.8. The molecule has 3 N–H and O–H groups in total. The molecule has 1 heterocycles. The summed E-state index contributed by atoms with van der Waals surface area (Å²) in [6, 6.07) is 12.3. The first-order valence-corrected chi connectivity index (χ1v) is 13.6. The number of hydrogen-bond donors (Lipinski definition) is 2. The number of pyridine rings is 1. The van der Waals surface area contributed by atoms with Crippen molar-refractivity contribution >= 4 is 15.9 Å². The molecule has 0 saturated heterocycles. The number of benzene rings is 2. The number of carbonyl (C=O) groups is 1. The number of hydrogen-bond acceptors (Lipinski definition) is 5. The average molecular weight is 549 g/mol. The topological polar surface area (TPSA) is 105 Å². The van der Waals surface area contributed by atoms with Crippen molar-refractivity contribution in [2.75, 3.05) is 19.6 Å². The molecule has 3 aromatic rings. The second-order valence-corrected chi connectivity index (χ2v) is 10.7. The molecule has 1 amide bonds. The molecule has 0 fully saturated rings. The maximum atomic E-state index is 13.8. The monoisotopic (exact) mass is 548 g/mol. The van der Waals surface area contributed by atoms with E-state index in [1.807, 2.05) is 25.1 Å². The molecule has 0 spiro atoms. The van der Waals surface area contributed by atoms with E-state index in [0.29, 0.717) is 5.56 Å². The van der Waals surface area contributed by atoms with Crippen LogP contribution in [0.3, 0.4) is 0 Å². The minimum absolute atomic E-state index is 0.00406. The van der Waals surface area contributed by atoms with Crippen LogP contribution in [0.4, 0.5) is 13.2 Å². The van der Waals surface area contributed by atoms with Gasteiger partial charge in [0.05, 0.1) is 10.5 Å². The molecule has 7 nitrogen and oxygen atoms in total. The number of nitrogens with zero attached hydrogens (tertiary/aromatic N) is 2. The van der Waals surface area contributed by atoms with Crippen LogP contribution in [-0.2, 0) is 21.0 Å². The van der Waals surface area contributed by atoms with Crippen LogP contribution < -0.4 is 11.1 Å². The van der Waals surface area contributed by atoms with Crippen molar-refractivity contribution in [1.82, 2.24) is 14.6 Å². The van der Waals surface area contributed by atoms with Crippen LogP contribution in [0.2, 0.25) is 0 Å². The molecule has 0 aliphatic heterocycles. The van der Waals surface area contributed by atoms with Gasteiger partial charge in [0.2, 0.25) is 15.9 Å². The number of nitrogens with one attached hydrogen (secondary N) is 1. The van der Waals surface area contributed by atoms with Gasteiger partial charge in [-0.25, -0.2) is 8.42 Å². The highest BCUT2D eigenvalue weighted by atomic mass is 32.2. The van der Waals surface area contributed by atoms with Crippen LogP contribution in [0.1, 0.15) is 42.5 Å². The fraction of sp³-hybridized carbons (Fsp3) is 0.333. The third kappa shape index (κ3) is 6.97. The zero-order valence-corrected chi connectivity index (χ0v) is 22.0. The average Bonchev–Trinajstić information content (AvgIpc) is 2.89. The van der Waals surface area contributed by atoms with Crippen molar-refractivity contribution in [3.63, 3.8) is 0 Å². The molecular weight excluding hydrogens is 517 g/mol. The maximum Gasteiger partial charge on any atom is 0.417 e. The predicted molar refractivity (Wildman–Crippen MR) is 139 cm³/mol. The van der Waals surface area contributed by atoms with E-state index >= 15 is 0 Å². The van der Waals surface area contributed by atoms with Crippen molar-refractivity contribution in [3.8, 4) is 11.1 Å². The first kappa shape index (κ1) is 29.3. The number of sulfonamides is 1. The highest BCUT2D eigenvalue weighted by Gasteiger charge is 2.40. The van der Waals surface area contributed by atoms with Crippen LogP contribution in [-0.4, -0.2) is 43.2 Å². The molecule has 0 saturated carbocycles. The van der Waals surface area contributed by atoms with Gasteiger partial charge in [0.15, 0.2) is 0 Å².